The molecule has 38 heavy (non-hydrogen) atoms. The Hall–Kier alpha value is -4.45. The van der Waals surface area contributed by atoms with Gasteiger partial charge < -0.3 is 23.8 Å². The molecule has 4 aromatic carbocycles. The van der Waals surface area contributed by atoms with Gasteiger partial charge in [-0.05, 0) is 59.0 Å². The molecule has 0 saturated carbocycles. The van der Waals surface area contributed by atoms with E-state index in [1.807, 2.05) is 77.7 Å². The van der Waals surface area contributed by atoms with Crippen molar-refractivity contribution >= 4 is 5.91 Å². The van der Waals surface area contributed by atoms with Crippen LogP contribution in [0.4, 0.5) is 0 Å². The summed E-state index contributed by atoms with van der Waals surface area (Å²) in [4.78, 5) is 15.3. The van der Waals surface area contributed by atoms with E-state index in [1.165, 1.54) is 5.56 Å². The summed E-state index contributed by atoms with van der Waals surface area (Å²) >= 11 is 0. The molecule has 1 heterocycles. The van der Waals surface area contributed by atoms with Gasteiger partial charge in [0.1, 0.15) is 13.2 Å². The van der Waals surface area contributed by atoms with E-state index in [0.717, 1.165) is 23.1 Å². The van der Waals surface area contributed by atoms with Crippen LogP contribution in [0.15, 0.2) is 91.0 Å². The van der Waals surface area contributed by atoms with Crippen LogP contribution in [-0.2, 0) is 26.2 Å². The fraction of sp³-hybridized carbons (Fsp3) is 0.219. The molecule has 1 aliphatic heterocycles. The maximum absolute atomic E-state index is 13.5. The summed E-state index contributed by atoms with van der Waals surface area (Å²) in [6.45, 7) is 1.98. The van der Waals surface area contributed by atoms with Crippen LogP contribution in [0.2, 0.25) is 0 Å². The van der Waals surface area contributed by atoms with Crippen molar-refractivity contribution in [2.24, 2.45) is 0 Å². The lowest BCUT2D eigenvalue weighted by molar-refractivity contribution is 0.0734. The van der Waals surface area contributed by atoms with Crippen LogP contribution in [0.3, 0.4) is 0 Å². The zero-order chi connectivity index (χ0) is 26.3. The third-order valence-electron chi connectivity index (χ3n) is 6.67. The van der Waals surface area contributed by atoms with Gasteiger partial charge in [0.05, 0.1) is 14.2 Å². The molecule has 5 rings (SSSR count). The maximum Gasteiger partial charge on any atom is 0.254 e. The number of carbonyl (C=O) groups is 1. The Morgan fingerprint density at radius 2 is 1.26 bits per heavy atom. The number of benzene rings is 4. The van der Waals surface area contributed by atoms with Gasteiger partial charge in [-0.1, -0.05) is 60.7 Å². The zero-order valence-corrected chi connectivity index (χ0v) is 21.7. The van der Waals surface area contributed by atoms with E-state index < -0.39 is 0 Å². The number of rotatable bonds is 9. The van der Waals surface area contributed by atoms with Crippen LogP contribution in [0.1, 0.15) is 32.6 Å². The van der Waals surface area contributed by atoms with E-state index in [2.05, 4.69) is 0 Å². The van der Waals surface area contributed by atoms with Gasteiger partial charge in [0, 0.05) is 18.7 Å². The Morgan fingerprint density at radius 3 is 1.89 bits per heavy atom. The highest BCUT2D eigenvalue weighted by atomic mass is 16.5. The molecule has 0 unspecified atom stereocenters. The highest BCUT2D eigenvalue weighted by molar-refractivity contribution is 5.95. The molecule has 4 aromatic rings. The number of nitrogens with zero attached hydrogens (tertiary/aromatic N) is 1. The van der Waals surface area contributed by atoms with Crippen molar-refractivity contribution in [1.29, 1.82) is 0 Å². The first-order valence-corrected chi connectivity index (χ1v) is 12.6. The minimum Gasteiger partial charge on any atom is -0.493 e. The lowest BCUT2D eigenvalue weighted by atomic mass is 9.98. The molecular weight excluding hydrogens is 478 g/mol. The average molecular weight is 510 g/mol. The maximum atomic E-state index is 13.5. The van der Waals surface area contributed by atoms with Crippen molar-refractivity contribution in [3.8, 4) is 23.0 Å². The van der Waals surface area contributed by atoms with Crippen molar-refractivity contribution < 1.29 is 23.7 Å². The number of hydrogen-bond acceptors (Lipinski definition) is 5. The topological polar surface area (TPSA) is 57.2 Å². The van der Waals surface area contributed by atoms with E-state index in [1.54, 1.807) is 32.4 Å². The van der Waals surface area contributed by atoms with Crippen molar-refractivity contribution in [1.82, 2.24) is 4.90 Å². The monoisotopic (exact) mass is 509 g/mol. The highest BCUT2D eigenvalue weighted by Crippen LogP contribution is 2.35. The molecule has 0 saturated heterocycles. The third kappa shape index (κ3) is 5.75. The largest absolute Gasteiger partial charge is 0.493 e. The minimum absolute atomic E-state index is 0.0499. The first kappa shape index (κ1) is 25.2. The van der Waals surface area contributed by atoms with Gasteiger partial charge in [-0.15, -0.1) is 0 Å². The van der Waals surface area contributed by atoms with Crippen molar-refractivity contribution in [2.75, 3.05) is 20.8 Å². The van der Waals surface area contributed by atoms with Crippen molar-refractivity contribution in [3.63, 3.8) is 0 Å². The van der Waals surface area contributed by atoms with Crippen LogP contribution in [0, 0.1) is 0 Å². The summed E-state index contributed by atoms with van der Waals surface area (Å²) in [6.07, 6.45) is 0.742. The van der Waals surface area contributed by atoms with Crippen LogP contribution in [-0.4, -0.2) is 31.6 Å². The fourth-order valence-corrected chi connectivity index (χ4v) is 4.58. The molecule has 6 heteroatoms. The Labute approximate surface area is 223 Å². The van der Waals surface area contributed by atoms with Gasteiger partial charge in [-0.25, -0.2) is 0 Å². The predicted molar refractivity (Wildman–Crippen MR) is 146 cm³/mol. The van der Waals surface area contributed by atoms with Crippen LogP contribution >= 0.6 is 0 Å². The summed E-state index contributed by atoms with van der Waals surface area (Å²) < 4.78 is 23.2. The summed E-state index contributed by atoms with van der Waals surface area (Å²) in [5, 5.41) is 0. The molecule has 6 nitrogen and oxygen atoms in total. The summed E-state index contributed by atoms with van der Waals surface area (Å²) in [5.41, 5.74) is 4.93. The second-order valence-electron chi connectivity index (χ2n) is 9.16. The second kappa shape index (κ2) is 11.7. The molecule has 0 N–H and O–H groups in total. The van der Waals surface area contributed by atoms with E-state index in [4.69, 9.17) is 18.9 Å². The summed E-state index contributed by atoms with van der Waals surface area (Å²) in [5.74, 6) is 2.46. The Kier molecular flexibility index (Phi) is 7.78. The number of amides is 1. The number of carbonyl (C=O) groups excluding carboxylic acids is 1. The molecule has 1 amide bonds. The quantitative estimate of drug-likeness (QED) is 0.275. The molecule has 0 spiro atoms. The minimum atomic E-state index is -0.0499. The van der Waals surface area contributed by atoms with Crippen LogP contribution in [0.5, 0.6) is 23.0 Å². The molecular formula is C32H31NO5. The van der Waals surface area contributed by atoms with Gasteiger partial charge in [0.2, 0.25) is 0 Å². The van der Waals surface area contributed by atoms with Crippen LogP contribution in [0.25, 0.3) is 0 Å². The number of fused-ring (bicyclic) bond motifs is 1. The first-order chi connectivity index (χ1) is 18.6. The zero-order valence-electron chi connectivity index (χ0n) is 21.7. The van der Waals surface area contributed by atoms with Crippen molar-refractivity contribution in [2.45, 2.75) is 26.2 Å². The number of ether oxygens (including phenoxy) is 4. The molecule has 0 aliphatic carbocycles. The highest BCUT2D eigenvalue weighted by Gasteiger charge is 2.25. The molecule has 0 atom stereocenters. The lowest BCUT2D eigenvalue weighted by Gasteiger charge is -2.30. The van der Waals surface area contributed by atoms with E-state index >= 15 is 0 Å². The molecule has 1 aliphatic rings. The van der Waals surface area contributed by atoms with Gasteiger partial charge in [0.15, 0.2) is 23.0 Å². The Balaban J connectivity index is 1.29. The second-order valence-corrected chi connectivity index (χ2v) is 9.16. The SMILES string of the molecule is COc1cc(C(=O)N2CCc3cc(OC)c(OCc4ccccc4)cc3C2)ccc1OCc1ccccc1. The molecule has 0 fully saturated rings. The molecule has 194 valence electrons. The third-order valence-corrected chi connectivity index (χ3v) is 6.67. The molecule has 0 aromatic heterocycles. The summed E-state index contributed by atoms with van der Waals surface area (Å²) in [7, 11) is 3.23. The van der Waals surface area contributed by atoms with E-state index in [-0.39, 0.29) is 5.91 Å². The van der Waals surface area contributed by atoms with Gasteiger partial charge in [-0.2, -0.15) is 0 Å². The molecule has 0 bridgehead atoms. The fourth-order valence-electron chi connectivity index (χ4n) is 4.58. The predicted octanol–water partition coefficient (Wildman–Crippen LogP) is 6.06. The Morgan fingerprint density at radius 1 is 0.684 bits per heavy atom. The summed E-state index contributed by atoms with van der Waals surface area (Å²) in [6, 6.07) is 29.3. The van der Waals surface area contributed by atoms with E-state index in [9.17, 15) is 4.79 Å². The number of hydrogen-bond donors (Lipinski definition) is 0. The van der Waals surface area contributed by atoms with Crippen LogP contribution < -0.4 is 18.9 Å². The average Bonchev–Trinajstić information content (AvgIpc) is 2.98. The van der Waals surface area contributed by atoms with Crippen molar-refractivity contribution in [3.05, 3.63) is 119 Å². The first-order valence-electron chi connectivity index (χ1n) is 12.6. The van der Waals surface area contributed by atoms with Gasteiger partial charge >= 0.3 is 0 Å². The van der Waals surface area contributed by atoms with Gasteiger partial charge in [0.25, 0.3) is 5.91 Å². The smallest absolute Gasteiger partial charge is 0.254 e. The normalized spacial score (nSPS) is 12.4. The van der Waals surface area contributed by atoms with Gasteiger partial charge in [-0.3, -0.25) is 4.79 Å². The number of methoxy groups -OCH3 is 2. The Bertz CT molecular complexity index is 1390. The van der Waals surface area contributed by atoms with E-state index in [0.29, 0.717) is 54.9 Å². The lowest BCUT2D eigenvalue weighted by Crippen LogP contribution is -2.36. The molecule has 0 radical (unpaired) electrons. The standard InChI is InChI=1S/C32H31NO5/c1-35-29-18-26(13-14-28(29)37-21-23-9-5-3-6-10-23)32(34)33-16-15-25-17-30(36-2)31(19-27(25)20-33)38-22-24-11-7-4-8-12-24/h3-14,17-19H,15-16,20-22H2,1-2H3.